The minimum absolute atomic E-state index is 0.0630. The van der Waals surface area contributed by atoms with Gasteiger partial charge in [-0.05, 0) is 31.2 Å². The molecule has 0 bridgehead atoms. The van der Waals surface area contributed by atoms with E-state index in [2.05, 4.69) is 5.32 Å². The molecule has 2 N–H and O–H groups in total. The van der Waals surface area contributed by atoms with Crippen molar-refractivity contribution < 1.29 is 23.9 Å². The van der Waals surface area contributed by atoms with Crippen molar-refractivity contribution in [2.45, 2.75) is 13.0 Å². The van der Waals surface area contributed by atoms with Gasteiger partial charge in [0, 0.05) is 17.3 Å². The topological polar surface area (TPSA) is 86.7 Å². The lowest BCUT2D eigenvalue weighted by molar-refractivity contribution is -0.133. The number of hydrogen-bond donors (Lipinski definition) is 2. The van der Waals surface area contributed by atoms with Crippen LogP contribution in [-0.4, -0.2) is 35.5 Å². The molecule has 1 saturated heterocycles. The summed E-state index contributed by atoms with van der Waals surface area (Å²) in [6, 6.07) is 3.14. The zero-order valence-electron chi connectivity index (χ0n) is 11.2. The minimum Gasteiger partial charge on any atom is -0.478 e. The number of aliphatic carboxylic acids is 1. The molecule has 1 aromatic carbocycles. The number of nitrogens with zero attached hydrogens (tertiary/aromatic N) is 1. The van der Waals surface area contributed by atoms with Crippen LogP contribution in [0.2, 0.25) is 0 Å². The van der Waals surface area contributed by atoms with Crippen molar-refractivity contribution in [3.05, 3.63) is 35.7 Å². The summed E-state index contributed by atoms with van der Waals surface area (Å²) in [6.45, 7) is 1.54. The van der Waals surface area contributed by atoms with Gasteiger partial charge < -0.3 is 10.0 Å². The summed E-state index contributed by atoms with van der Waals surface area (Å²) in [5.41, 5.74) is 0.705. The summed E-state index contributed by atoms with van der Waals surface area (Å²) in [4.78, 5) is 35.3. The van der Waals surface area contributed by atoms with E-state index in [9.17, 15) is 18.8 Å². The molecule has 1 atom stereocenters. The van der Waals surface area contributed by atoms with Crippen LogP contribution in [0, 0.1) is 5.82 Å². The minimum atomic E-state index is -1.18. The number of amides is 2. The van der Waals surface area contributed by atoms with Gasteiger partial charge in [0.15, 0.2) is 0 Å². The van der Waals surface area contributed by atoms with Crippen LogP contribution < -0.4 is 10.2 Å². The van der Waals surface area contributed by atoms with E-state index in [-0.39, 0.29) is 12.1 Å². The molecule has 0 spiro atoms. The Morgan fingerprint density at radius 1 is 1.48 bits per heavy atom. The van der Waals surface area contributed by atoms with E-state index >= 15 is 0 Å². The van der Waals surface area contributed by atoms with E-state index in [0.717, 1.165) is 12.1 Å². The third kappa shape index (κ3) is 3.25. The van der Waals surface area contributed by atoms with E-state index in [4.69, 9.17) is 5.11 Å². The standard InChI is InChI=1S/C14H13FN2O4/c1-8-14(21)16-12(18)7-17(8)11-4-3-10(15)6-9(11)2-5-13(19)20/h2-6,8H,7H2,1H3,(H,19,20)(H,16,18,21). The largest absolute Gasteiger partial charge is 0.478 e. The molecule has 1 aromatic rings. The molecule has 0 aromatic heterocycles. The van der Waals surface area contributed by atoms with Crippen molar-refractivity contribution >= 4 is 29.5 Å². The maximum Gasteiger partial charge on any atom is 0.328 e. The fourth-order valence-corrected chi connectivity index (χ4v) is 2.09. The Labute approximate surface area is 119 Å². The molecular formula is C14H13FN2O4. The highest BCUT2D eigenvalue weighted by Crippen LogP contribution is 2.26. The highest BCUT2D eigenvalue weighted by atomic mass is 19.1. The van der Waals surface area contributed by atoms with Crippen LogP contribution in [0.1, 0.15) is 12.5 Å². The van der Waals surface area contributed by atoms with Gasteiger partial charge in [-0.25, -0.2) is 9.18 Å². The van der Waals surface area contributed by atoms with Crippen LogP contribution in [0.3, 0.4) is 0 Å². The molecule has 2 amide bonds. The van der Waals surface area contributed by atoms with Crippen LogP contribution in [0.15, 0.2) is 24.3 Å². The van der Waals surface area contributed by atoms with Crippen molar-refractivity contribution in [3.8, 4) is 0 Å². The number of benzene rings is 1. The fourth-order valence-electron chi connectivity index (χ4n) is 2.09. The van der Waals surface area contributed by atoms with Crippen molar-refractivity contribution in [2.24, 2.45) is 0 Å². The number of rotatable bonds is 3. The predicted octanol–water partition coefficient (Wildman–Crippen LogP) is 0.775. The van der Waals surface area contributed by atoms with Crippen molar-refractivity contribution in [2.75, 3.05) is 11.4 Å². The quantitative estimate of drug-likeness (QED) is 0.635. The summed E-state index contributed by atoms with van der Waals surface area (Å²) in [5, 5.41) is 10.9. The van der Waals surface area contributed by atoms with E-state index in [1.54, 1.807) is 6.92 Å². The SMILES string of the molecule is CC1C(=O)NC(=O)CN1c1ccc(F)cc1C=CC(=O)O. The molecule has 2 rings (SSSR count). The number of halogens is 1. The second-order valence-electron chi connectivity index (χ2n) is 4.59. The highest BCUT2D eigenvalue weighted by molar-refractivity contribution is 6.04. The number of imide groups is 1. The third-order valence-corrected chi connectivity index (χ3v) is 3.13. The summed E-state index contributed by atoms with van der Waals surface area (Å²) in [5.74, 6) is -2.63. The Hall–Kier alpha value is -2.70. The number of carboxylic acids is 1. The molecule has 0 aliphatic carbocycles. The number of hydrogen-bond acceptors (Lipinski definition) is 4. The molecule has 1 fully saturated rings. The smallest absolute Gasteiger partial charge is 0.328 e. The van der Waals surface area contributed by atoms with Crippen molar-refractivity contribution in [1.29, 1.82) is 0 Å². The number of carboxylic acid groups (broad SMARTS) is 1. The Morgan fingerprint density at radius 2 is 2.19 bits per heavy atom. The van der Waals surface area contributed by atoms with Crippen LogP contribution in [-0.2, 0) is 14.4 Å². The first-order valence-corrected chi connectivity index (χ1v) is 6.19. The van der Waals surface area contributed by atoms with Gasteiger partial charge in [-0.1, -0.05) is 0 Å². The van der Waals surface area contributed by atoms with E-state index < -0.39 is 29.6 Å². The first-order valence-electron chi connectivity index (χ1n) is 6.19. The number of piperazine rings is 1. The second-order valence-corrected chi connectivity index (χ2v) is 4.59. The lowest BCUT2D eigenvalue weighted by atomic mass is 10.1. The molecule has 110 valence electrons. The molecule has 6 nitrogen and oxygen atoms in total. The maximum absolute atomic E-state index is 13.3. The Morgan fingerprint density at radius 3 is 2.86 bits per heavy atom. The molecule has 1 aliphatic heterocycles. The normalized spacial score (nSPS) is 19.0. The third-order valence-electron chi connectivity index (χ3n) is 3.13. The number of carbonyl (C=O) groups is 3. The molecule has 1 unspecified atom stereocenters. The summed E-state index contributed by atoms with van der Waals surface area (Å²) in [7, 11) is 0. The molecule has 21 heavy (non-hydrogen) atoms. The predicted molar refractivity (Wildman–Crippen MR) is 73.0 cm³/mol. The van der Waals surface area contributed by atoms with Gasteiger partial charge in [-0.3, -0.25) is 14.9 Å². The Bertz CT molecular complexity index is 642. The zero-order chi connectivity index (χ0) is 15.6. The van der Waals surface area contributed by atoms with Crippen LogP contribution in [0.25, 0.3) is 6.08 Å². The molecule has 7 heteroatoms. The van der Waals surface area contributed by atoms with Crippen LogP contribution in [0.5, 0.6) is 0 Å². The number of nitrogens with one attached hydrogen (secondary N) is 1. The molecular weight excluding hydrogens is 279 g/mol. The summed E-state index contributed by atoms with van der Waals surface area (Å²) >= 11 is 0. The lowest BCUT2D eigenvalue weighted by Gasteiger charge is -2.34. The van der Waals surface area contributed by atoms with Gasteiger partial charge in [0.05, 0.1) is 6.54 Å². The first-order chi connectivity index (χ1) is 9.88. The molecule has 0 radical (unpaired) electrons. The Kier molecular flexibility index (Phi) is 4.02. The average Bonchev–Trinajstić information content (AvgIpc) is 2.41. The molecule has 1 aliphatic rings. The molecule has 1 heterocycles. The summed E-state index contributed by atoms with van der Waals surface area (Å²) in [6.07, 6.45) is 2.10. The van der Waals surface area contributed by atoms with Gasteiger partial charge in [-0.15, -0.1) is 0 Å². The first kappa shape index (κ1) is 14.7. The van der Waals surface area contributed by atoms with Crippen LogP contribution >= 0.6 is 0 Å². The van der Waals surface area contributed by atoms with Crippen molar-refractivity contribution in [1.82, 2.24) is 5.32 Å². The average molecular weight is 292 g/mol. The van der Waals surface area contributed by atoms with Gasteiger partial charge >= 0.3 is 5.97 Å². The lowest BCUT2D eigenvalue weighted by Crippen LogP contribution is -2.57. The Balaban J connectivity index is 2.44. The van der Waals surface area contributed by atoms with Crippen molar-refractivity contribution in [3.63, 3.8) is 0 Å². The zero-order valence-corrected chi connectivity index (χ0v) is 11.2. The monoisotopic (exact) mass is 292 g/mol. The van der Waals surface area contributed by atoms with Crippen LogP contribution in [0.4, 0.5) is 10.1 Å². The number of carbonyl (C=O) groups excluding carboxylic acids is 2. The highest BCUT2D eigenvalue weighted by Gasteiger charge is 2.31. The van der Waals surface area contributed by atoms with Gasteiger partial charge in [0.25, 0.3) is 0 Å². The van der Waals surface area contributed by atoms with Gasteiger partial charge in [-0.2, -0.15) is 0 Å². The number of anilines is 1. The fraction of sp³-hybridized carbons (Fsp3) is 0.214. The molecule has 0 saturated carbocycles. The maximum atomic E-state index is 13.3. The summed E-state index contributed by atoms with van der Waals surface area (Å²) < 4.78 is 13.3. The van der Waals surface area contributed by atoms with E-state index in [0.29, 0.717) is 5.69 Å². The van der Waals surface area contributed by atoms with Gasteiger partial charge in [0.2, 0.25) is 11.8 Å². The van der Waals surface area contributed by atoms with E-state index in [1.807, 2.05) is 0 Å². The van der Waals surface area contributed by atoms with E-state index in [1.165, 1.54) is 23.1 Å². The second kappa shape index (κ2) is 5.74. The van der Waals surface area contributed by atoms with Gasteiger partial charge in [0.1, 0.15) is 11.9 Å².